The molecule has 3 nitrogen and oxygen atoms in total. The van der Waals surface area contributed by atoms with Crippen LogP contribution >= 0.6 is 12.2 Å². The van der Waals surface area contributed by atoms with E-state index in [2.05, 4.69) is 23.6 Å². The first kappa shape index (κ1) is 14.2. The zero-order valence-electron chi connectivity index (χ0n) is 11.8. The summed E-state index contributed by atoms with van der Waals surface area (Å²) >= 11 is 5.15. The van der Waals surface area contributed by atoms with E-state index in [1.165, 1.54) is 45.4 Å². The Kier molecular flexibility index (Phi) is 4.62. The molecule has 1 unspecified atom stereocenters. The van der Waals surface area contributed by atoms with Crippen LogP contribution in [0.3, 0.4) is 0 Å². The molecule has 0 bridgehead atoms. The third-order valence-electron chi connectivity index (χ3n) is 4.61. The Morgan fingerprint density at radius 3 is 2.72 bits per heavy atom. The molecule has 0 aromatic rings. The predicted octanol–water partition coefficient (Wildman–Crippen LogP) is 1.86. The summed E-state index contributed by atoms with van der Waals surface area (Å²) in [5.41, 5.74) is 5.80. The Hall–Kier alpha value is -0.190. The average Bonchev–Trinajstić information content (AvgIpc) is 2.65. The zero-order valence-corrected chi connectivity index (χ0v) is 12.6. The maximum atomic E-state index is 5.81. The molecule has 2 aliphatic rings. The number of nitrogens with two attached hydrogens (primary N) is 1. The van der Waals surface area contributed by atoms with Crippen LogP contribution in [-0.4, -0.2) is 53.6 Å². The molecule has 2 rings (SSSR count). The largest absolute Gasteiger partial charge is 0.393 e. The summed E-state index contributed by atoms with van der Waals surface area (Å²) in [7, 11) is 0. The van der Waals surface area contributed by atoms with E-state index < -0.39 is 0 Å². The van der Waals surface area contributed by atoms with Gasteiger partial charge in [-0.05, 0) is 51.9 Å². The van der Waals surface area contributed by atoms with Gasteiger partial charge < -0.3 is 10.6 Å². The van der Waals surface area contributed by atoms with Crippen molar-refractivity contribution in [2.75, 3.05) is 32.7 Å². The first-order chi connectivity index (χ1) is 8.49. The lowest BCUT2D eigenvalue weighted by atomic mass is 9.89. The second kappa shape index (κ2) is 5.85. The van der Waals surface area contributed by atoms with Gasteiger partial charge in [-0.1, -0.05) is 26.1 Å². The summed E-state index contributed by atoms with van der Waals surface area (Å²) < 4.78 is 0. The molecule has 1 atom stereocenters. The van der Waals surface area contributed by atoms with Gasteiger partial charge in [-0.3, -0.25) is 4.90 Å². The molecule has 4 heteroatoms. The first-order valence-electron chi connectivity index (χ1n) is 7.25. The molecule has 0 aromatic heterocycles. The summed E-state index contributed by atoms with van der Waals surface area (Å²) in [5.74, 6) is 0. The molecular weight excluding hydrogens is 242 g/mol. The molecule has 2 N–H and O–H groups in total. The highest BCUT2D eigenvalue weighted by Gasteiger charge is 2.29. The number of thiocarbonyl (C=S) groups is 1. The topological polar surface area (TPSA) is 32.5 Å². The first-order valence-corrected chi connectivity index (χ1v) is 7.66. The minimum Gasteiger partial charge on any atom is -0.393 e. The fraction of sp³-hybridized carbons (Fsp3) is 0.929. The highest BCUT2D eigenvalue weighted by molar-refractivity contribution is 7.80. The Labute approximate surface area is 117 Å². The van der Waals surface area contributed by atoms with Gasteiger partial charge in [-0.25, -0.2) is 0 Å². The van der Waals surface area contributed by atoms with E-state index in [0.29, 0.717) is 4.99 Å². The standard InChI is InChI=1S/C14H27N3S/c1-14(2,13(15)18)6-10-16-7-4-9-17-8-3-5-12(17)11-16/h12H,3-11H2,1-2H3,(H2,15,18). The van der Waals surface area contributed by atoms with Gasteiger partial charge in [0.25, 0.3) is 0 Å². The van der Waals surface area contributed by atoms with E-state index in [4.69, 9.17) is 18.0 Å². The minimum atomic E-state index is -0.00298. The van der Waals surface area contributed by atoms with Gasteiger partial charge in [0, 0.05) is 18.0 Å². The molecule has 0 aromatic carbocycles. The molecular formula is C14H27N3S. The Morgan fingerprint density at radius 2 is 2.00 bits per heavy atom. The molecule has 2 fully saturated rings. The zero-order chi connectivity index (χ0) is 13.2. The third-order valence-corrected chi connectivity index (χ3v) is 5.16. The Bertz CT molecular complexity index is 303. The van der Waals surface area contributed by atoms with Crippen LogP contribution in [-0.2, 0) is 0 Å². The maximum Gasteiger partial charge on any atom is 0.0784 e. The molecule has 0 radical (unpaired) electrons. The smallest absolute Gasteiger partial charge is 0.0784 e. The van der Waals surface area contributed by atoms with Gasteiger partial charge in [0.2, 0.25) is 0 Å². The van der Waals surface area contributed by atoms with Crippen LogP contribution in [0.1, 0.15) is 39.5 Å². The van der Waals surface area contributed by atoms with E-state index in [1.807, 2.05) is 0 Å². The highest BCUT2D eigenvalue weighted by atomic mass is 32.1. The van der Waals surface area contributed by atoms with Gasteiger partial charge in [-0.15, -0.1) is 0 Å². The van der Waals surface area contributed by atoms with Crippen molar-refractivity contribution in [3.05, 3.63) is 0 Å². The van der Waals surface area contributed by atoms with Crippen LogP contribution in [0, 0.1) is 5.41 Å². The van der Waals surface area contributed by atoms with Crippen LogP contribution < -0.4 is 5.73 Å². The normalized spacial score (nSPS) is 26.9. The number of fused-ring (bicyclic) bond motifs is 1. The Balaban J connectivity index is 1.84. The van der Waals surface area contributed by atoms with Crippen LogP contribution in [0.4, 0.5) is 0 Å². The van der Waals surface area contributed by atoms with Crippen LogP contribution in [0.5, 0.6) is 0 Å². The summed E-state index contributed by atoms with van der Waals surface area (Å²) in [6, 6.07) is 0.806. The Morgan fingerprint density at radius 1 is 1.28 bits per heavy atom. The lowest BCUT2D eigenvalue weighted by Gasteiger charge is -2.29. The quantitative estimate of drug-likeness (QED) is 0.790. The van der Waals surface area contributed by atoms with E-state index in [0.717, 1.165) is 19.0 Å². The fourth-order valence-electron chi connectivity index (χ4n) is 3.05. The monoisotopic (exact) mass is 269 g/mol. The molecule has 0 spiro atoms. The summed E-state index contributed by atoms with van der Waals surface area (Å²) in [6.45, 7) is 10.5. The molecule has 0 amide bonds. The van der Waals surface area contributed by atoms with Crippen molar-refractivity contribution in [1.29, 1.82) is 0 Å². The molecule has 2 heterocycles. The van der Waals surface area contributed by atoms with Crippen molar-refractivity contribution in [1.82, 2.24) is 9.80 Å². The van der Waals surface area contributed by atoms with Gasteiger partial charge in [0.15, 0.2) is 0 Å². The SMILES string of the molecule is CC(C)(CCN1CCCN2CCCC2C1)C(N)=S. The van der Waals surface area contributed by atoms with Gasteiger partial charge in [-0.2, -0.15) is 0 Å². The van der Waals surface area contributed by atoms with E-state index >= 15 is 0 Å². The van der Waals surface area contributed by atoms with Crippen molar-refractivity contribution in [2.24, 2.45) is 11.1 Å². The fourth-order valence-corrected chi connectivity index (χ4v) is 3.15. The molecule has 104 valence electrons. The van der Waals surface area contributed by atoms with E-state index in [1.54, 1.807) is 0 Å². The van der Waals surface area contributed by atoms with Gasteiger partial charge in [0.1, 0.15) is 0 Å². The lowest BCUT2D eigenvalue weighted by molar-refractivity contribution is 0.208. The van der Waals surface area contributed by atoms with Crippen molar-refractivity contribution in [2.45, 2.75) is 45.6 Å². The lowest BCUT2D eigenvalue weighted by Crippen LogP contribution is -2.39. The maximum absolute atomic E-state index is 5.81. The third kappa shape index (κ3) is 3.43. The highest BCUT2D eigenvalue weighted by Crippen LogP contribution is 2.24. The summed E-state index contributed by atoms with van der Waals surface area (Å²) in [6.07, 6.45) is 5.16. The van der Waals surface area contributed by atoms with Crippen LogP contribution in [0.2, 0.25) is 0 Å². The van der Waals surface area contributed by atoms with E-state index in [9.17, 15) is 0 Å². The second-order valence-electron chi connectivity index (χ2n) is 6.48. The number of nitrogens with zero attached hydrogens (tertiary/aromatic N) is 2. The van der Waals surface area contributed by atoms with Gasteiger partial charge in [0.05, 0.1) is 4.99 Å². The minimum absolute atomic E-state index is 0.00298. The summed E-state index contributed by atoms with van der Waals surface area (Å²) in [5, 5.41) is 0. The van der Waals surface area contributed by atoms with Gasteiger partial charge >= 0.3 is 0 Å². The molecule has 2 saturated heterocycles. The van der Waals surface area contributed by atoms with Crippen molar-refractivity contribution in [3.63, 3.8) is 0 Å². The number of rotatable bonds is 4. The molecule has 0 saturated carbocycles. The molecule has 2 aliphatic heterocycles. The predicted molar refractivity (Wildman–Crippen MR) is 80.8 cm³/mol. The second-order valence-corrected chi connectivity index (χ2v) is 6.92. The van der Waals surface area contributed by atoms with Crippen molar-refractivity contribution < 1.29 is 0 Å². The van der Waals surface area contributed by atoms with Crippen molar-refractivity contribution >= 4 is 17.2 Å². The average molecular weight is 269 g/mol. The van der Waals surface area contributed by atoms with Crippen LogP contribution in [0.25, 0.3) is 0 Å². The van der Waals surface area contributed by atoms with Crippen molar-refractivity contribution in [3.8, 4) is 0 Å². The molecule has 18 heavy (non-hydrogen) atoms. The summed E-state index contributed by atoms with van der Waals surface area (Å²) in [4.78, 5) is 5.95. The number of hydrogen-bond acceptors (Lipinski definition) is 3. The van der Waals surface area contributed by atoms with Crippen LogP contribution in [0.15, 0.2) is 0 Å². The number of hydrogen-bond donors (Lipinski definition) is 1. The van der Waals surface area contributed by atoms with E-state index in [-0.39, 0.29) is 5.41 Å². The molecule has 0 aliphatic carbocycles.